The molecular formula is C13H20ClNO. The van der Waals surface area contributed by atoms with Crippen molar-refractivity contribution in [3.05, 3.63) is 34.9 Å². The van der Waals surface area contributed by atoms with Crippen molar-refractivity contribution in [2.75, 3.05) is 13.2 Å². The molecule has 1 atom stereocenters. The number of rotatable bonds is 7. The fraction of sp³-hybridized carbons (Fsp3) is 0.538. The normalized spacial score (nSPS) is 12.7. The number of nitrogens with one attached hydrogen (secondary N) is 1. The van der Waals surface area contributed by atoms with Crippen molar-refractivity contribution in [1.29, 1.82) is 0 Å². The first kappa shape index (κ1) is 13.5. The van der Waals surface area contributed by atoms with Crippen LogP contribution in [0, 0.1) is 0 Å². The van der Waals surface area contributed by atoms with Gasteiger partial charge in [0.25, 0.3) is 0 Å². The summed E-state index contributed by atoms with van der Waals surface area (Å²) in [4.78, 5) is 0. The highest BCUT2D eigenvalue weighted by Gasteiger charge is 2.03. The number of hydrogen-bond donors (Lipinski definition) is 2. The zero-order valence-electron chi connectivity index (χ0n) is 9.75. The lowest BCUT2D eigenvalue weighted by molar-refractivity contribution is 0.282. The van der Waals surface area contributed by atoms with Crippen LogP contribution in [0.2, 0.25) is 5.02 Å². The maximum atomic E-state index is 8.65. The maximum absolute atomic E-state index is 8.65. The molecule has 0 aliphatic carbocycles. The van der Waals surface area contributed by atoms with Crippen LogP contribution in [0.4, 0.5) is 0 Å². The number of hydrogen-bond acceptors (Lipinski definition) is 2. The molecule has 0 unspecified atom stereocenters. The minimum absolute atomic E-state index is 0.298. The molecule has 0 spiro atoms. The molecule has 16 heavy (non-hydrogen) atoms. The Kier molecular flexibility index (Phi) is 6.46. The van der Waals surface area contributed by atoms with Crippen LogP contribution in [0.5, 0.6) is 0 Å². The van der Waals surface area contributed by atoms with Crippen molar-refractivity contribution in [3.63, 3.8) is 0 Å². The highest BCUT2D eigenvalue weighted by Crippen LogP contribution is 2.15. The third-order valence-corrected chi connectivity index (χ3v) is 2.91. The van der Waals surface area contributed by atoms with Gasteiger partial charge in [-0.25, -0.2) is 0 Å². The van der Waals surface area contributed by atoms with E-state index < -0.39 is 0 Å². The summed E-state index contributed by atoms with van der Waals surface area (Å²) < 4.78 is 0. The zero-order valence-corrected chi connectivity index (χ0v) is 10.5. The lowest BCUT2D eigenvalue weighted by Gasteiger charge is -2.14. The van der Waals surface area contributed by atoms with Crippen LogP contribution in [-0.4, -0.2) is 18.3 Å². The summed E-state index contributed by atoms with van der Waals surface area (Å²) >= 11 is 5.83. The molecule has 1 aromatic rings. The second-order valence-corrected chi connectivity index (χ2v) is 4.45. The van der Waals surface area contributed by atoms with Crippen molar-refractivity contribution in [1.82, 2.24) is 5.32 Å². The Labute approximate surface area is 103 Å². The second-order valence-electron chi connectivity index (χ2n) is 4.01. The lowest BCUT2D eigenvalue weighted by Crippen LogP contribution is -2.19. The van der Waals surface area contributed by atoms with Crippen molar-refractivity contribution in [3.8, 4) is 0 Å². The van der Waals surface area contributed by atoms with Crippen LogP contribution in [0.1, 0.15) is 37.8 Å². The summed E-state index contributed by atoms with van der Waals surface area (Å²) in [7, 11) is 0. The van der Waals surface area contributed by atoms with Gasteiger partial charge in [-0.1, -0.05) is 23.7 Å². The van der Waals surface area contributed by atoms with E-state index in [0.717, 1.165) is 30.8 Å². The van der Waals surface area contributed by atoms with E-state index in [1.54, 1.807) is 0 Å². The number of halogens is 1. The Bertz CT molecular complexity index is 286. The number of unbranched alkanes of at least 4 members (excludes halogenated alkanes) is 2. The topological polar surface area (TPSA) is 32.3 Å². The monoisotopic (exact) mass is 241 g/mol. The van der Waals surface area contributed by atoms with Gasteiger partial charge in [-0.2, -0.15) is 0 Å². The molecule has 0 amide bonds. The van der Waals surface area contributed by atoms with E-state index in [2.05, 4.69) is 12.2 Å². The molecule has 0 fully saturated rings. The molecule has 0 saturated heterocycles. The highest BCUT2D eigenvalue weighted by atomic mass is 35.5. The summed E-state index contributed by atoms with van der Waals surface area (Å²) in [5, 5.41) is 12.9. The van der Waals surface area contributed by atoms with Gasteiger partial charge in [0.05, 0.1) is 0 Å². The minimum Gasteiger partial charge on any atom is -0.396 e. The molecule has 0 saturated carbocycles. The van der Waals surface area contributed by atoms with Crippen LogP contribution < -0.4 is 5.32 Å². The van der Waals surface area contributed by atoms with Crippen molar-refractivity contribution in [2.24, 2.45) is 0 Å². The molecular weight excluding hydrogens is 222 g/mol. The summed E-state index contributed by atoms with van der Waals surface area (Å²) in [6.07, 6.45) is 3.09. The fourth-order valence-corrected chi connectivity index (χ4v) is 1.73. The van der Waals surface area contributed by atoms with E-state index in [-0.39, 0.29) is 0 Å². The summed E-state index contributed by atoms with van der Waals surface area (Å²) in [5.74, 6) is 0. The largest absolute Gasteiger partial charge is 0.396 e. The van der Waals surface area contributed by atoms with E-state index in [0.29, 0.717) is 12.6 Å². The Hall–Kier alpha value is -0.570. The Balaban J connectivity index is 2.24. The predicted molar refractivity (Wildman–Crippen MR) is 68.8 cm³/mol. The first-order valence-corrected chi connectivity index (χ1v) is 6.21. The van der Waals surface area contributed by atoms with E-state index in [1.165, 1.54) is 5.56 Å². The molecule has 0 bridgehead atoms. The quantitative estimate of drug-likeness (QED) is 0.719. The van der Waals surface area contributed by atoms with Crippen molar-refractivity contribution < 1.29 is 5.11 Å². The van der Waals surface area contributed by atoms with Gasteiger partial charge in [0.1, 0.15) is 0 Å². The number of aliphatic hydroxyl groups is 1. The Morgan fingerprint density at radius 1 is 1.19 bits per heavy atom. The molecule has 90 valence electrons. The Morgan fingerprint density at radius 2 is 1.88 bits per heavy atom. The third-order valence-electron chi connectivity index (χ3n) is 2.66. The van der Waals surface area contributed by atoms with Gasteiger partial charge in [-0.05, 0) is 50.4 Å². The maximum Gasteiger partial charge on any atom is 0.0431 e. The predicted octanol–water partition coefficient (Wildman–Crippen LogP) is 3.15. The smallest absolute Gasteiger partial charge is 0.0431 e. The zero-order chi connectivity index (χ0) is 11.8. The number of aliphatic hydroxyl groups excluding tert-OH is 1. The van der Waals surface area contributed by atoms with E-state index in [4.69, 9.17) is 16.7 Å². The second kappa shape index (κ2) is 7.66. The molecule has 1 aromatic carbocycles. The molecule has 0 radical (unpaired) electrons. The average Bonchev–Trinajstić information content (AvgIpc) is 2.29. The van der Waals surface area contributed by atoms with Gasteiger partial charge >= 0.3 is 0 Å². The molecule has 2 nitrogen and oxygen atoms in total. The highest BCUT2D eigenvalue weighted by molar-refractivity contribution is 6.30. The van der Waals surface area contributed by atoms with Crippen molar-refractivity contribution in [2.45, 2.75) is 32.2 Å². The summed E-state index contributed by atoms with van der Waals surface area (Å²) in [5.41, 5.74) is 1.26. The molecule has 2 N–H and O–H groups in total. The minimum atomic E-state index is 0.298. The van der Waals surface area contributed by atoms with E-state index in [9.17, 15) is 0 Å². The lowest BCUT2D eigenvalue weighted by atomic mass is 10.1. The molecule has 3 heteroatoms. The Morgan fingerprint density at radius 3 is 2.50 bits per heavy atom. The van der Waals surface area contributed by atoms with Gasteiger partial charge in [-0.3, -0.25) is 0 Å². The molecule has 0 heterocycles. The van der Waals surface area contributed by atoms with Crippen LogP contribution >= 0.6 is 11.6 Å². The van der Waals surface area contributed by atoms with Gasteiger partial charge in [0, 0.05) is 17.7 Å². The first-order chi connectivity index (χ1) is 7.74. The van der Waals surface area contributed by atoms with Gasteiger partial charge < -0.3 is 10.4 Å². The van der Waals surface area contributed by atoms with Crippen LogP contribution in [0.3, 0.4) is 0 Å². The molecule has 0 aliphatic heterocycles. The summed E-state index contributed by atoms with van der Waals surface area (Å²) in [6.45, 7) is 3.44. The van der Waals surface area contributed by atoms with Crippen LogP contribution in [0.25, 0.3) is 0 Å². The van der Waals surface area contributed by atoms with E-state index in [1.807, 2.05) is 24.3 Å². The summed E-state index contributed by atoms with van der Waals surface area (Å²) in [6, 6.07) is 8.29. The van der Waals surface area contributed by atoms with Crippen molar-refractivity contribution >= 4 is 11.6 Å². The molecule has 0 aliphatic rings. The van der Waals surface area contributed by atoms with Crippen LogP contribution in [-0.2, 0) is 0 Å². The standard InChI is InChI=1S/C13H20ClNO/c1-11(15-9-3-2-4-10-16)12-5-7-13(14)8-6-12/h5-8,11,15-16H,2-4,9-10H2,1H3/t11-/m0/s1. The van der Waals surface area contributed by atoms with Gasteiger partial charge in [0.15, 0.2) is 0 Å². The molecule has 1 rings (SSSR count). The van der Waals surface area contributed by atoms with E-state index >= 15 is 0 Å². The van der Waals surface area contributed by atoms with Gasteiger partial charge in [0.2, 0.25) is 0 Å². The van der Waals surface area contributed by atoms with Gasteiger partial charge in [-0.15, -0.1) is 0 Å². The first-order valence-electron chi connectivity index (χ1n) is 5.83. The fourth-order valence-electron chi connectivity index (χ4n) is 1.60. The van der Waals surface area contributed by atoms with Crippen LogP contribution in [0.15, 0.2) is 24.3 Å². The molecule has 0 aromatic heterocycles. The number of benzene rings is 1. The SMILES string of the molecule is C[C@H](NCCCCCO)c1ccc(Cl)cc1. The average molecular weight is 242 g/mol. The third kappa shape index (κ3) is 4.97.